The third kappa shape index (κ3) is 7.53. The van der Waals surface area contributed by atoms with E-state index in [0.29, 0.717) is 29.6 Å². The molecule has 0 aromatic heterocycles. The lowest BCUT2D eigenvalue weighted by Gasteiger charge is -2.18. The second kappa shape index (κ2) is 12.1. The molecule has 0 aliphatic heterocycles. The van der Waals surface area contributed by atoms with Crippen LogP contribution in [0.4, 0.5) is 5.69 Å². The van der Waals surface area contributed by atoms with Gasteiger partial charge in [-0.15, -0.1) is 11.8 Å². The molecule has 1 N–H and O–H groups in total. The summed E-state index contributed by atoms with van der Waals surface area (Å²) in [5.41, 5.74) is 0.309. The van der Waals surface area contributed by atoms with Gasteiger partial charge in [-0.2, -0.15) is 4.31 Å². The van der Waals surface area contributed by atoms with Crippen LogP contribution in [0.1, 0.15) is 20.3 Å². The van der Waals surface area contributed by atoms with Crippen LogP contribution in [0, 0.1) is 0 Å². The van der Waals surface area contributed by atoms with Gasteiger partial charge in [-0.05, 0) is 30.3 Å². The van der Waals surface area contributed by atoms with Crippen LogP contribution >= 0.6 is 23.4 Å². The van der Waals surface area contributed by atoms with Crippen molar-refractivity contribution in [3.05, 3.63) is 53.6 Å². The zero-order valence-corrected chi connectivity index (χ0v) is 19.7. The number of amides is 1. The van der Waals surface area contributed by atoms with E-state index in [9.17, 15) is 18.0 Å². The van der Waals surface area contributed by atoms with Crippen molar-refractivity contribution in [2.24, 2.45) is 0 Å². The van der Waals surface area contributed by atoms with Crippen LogP contribution in [0.3, 0.4) is 0 Å². The number of nitrogens with one attached hydrogen (secondary N) is 1. The molecule has 0 unspecified atom stereocenters. The molecule has 0 spiro atoms. The van der Waals surface area contributed by atoms with Crippen LogP contribution < -0.4 is 5.32 Å². The third-order valence-corrected chi connectivity index (χ3v) is 7.79. The number of hydrogen-bond acceptors (Lipinski definition) is 6. The maximum absolute atomic E-state index is 12.6. The number of esters is 1. The van der Waals surface area contributed by atoms with Crippen LogP contribution in [0.25, 0.3) is 0 Å². The van der Waals surface area contributed by atoms with Crippen molar-refractivity contribution >= 4 is 50.9 Å². The lowest BCUT2D eigenvalue weighted by Crippen LogP contribution is -2.30. The standard InChI is InChI=1S/C21H25ClN2O5S2/c1-3-24(4-2)31(27,28)17-9-7-8-16(14-17)23-20(25)15-29-21(26)12-13-30-19-11-6-5-10-18(19)22/h5-11,14H,3-4,12-13,15H2,1-2H3,(H,23,25). The fraction of sp³-hybridized carbons (Fsp3) is 0.333. The summed E-state index contributed by atoms with van der Waals surface area (Å²) >= 11 is 7.49. The highest BCUT2D eigenvalue weighted by Crippen LogP contribution is 2.27. The largest absolute Gasteiger partial charge is 0.456 e. The number of sulfonamides is 1. The number of hydrogen-bond donors (Lipinski definition) is 1. The number of halogens is 1. The van der Waals surface area contributed by atoms with Crippen molar-refractivity contribution in [3.8, 4) is 0 Å². The Hall–Kier alpha value is -2.07. The minimum Gasteiger partial charge on any atom is -0.456 e. The van der Waals surface area contributed by atoms with Crippen molar-refractivity contribution in [1.29, 1.82) is 0 Å². The van der Waals surface area contributed by atoms with Gasteiger partial charge in [0.25, 0.3) is 5.91 Å². The predicted molar refractivity (Wildman–Crippen MR) is 123 cm³/mol. The second-order valence-electron chi connectivity index (χ2n) is 6.35. The van der Waals surface area contributed by atoms with E-state index in [4.69, 9.17) is 16.3 Å². The molecule has 0 radical (unpaired) electrons. The van der Waals surface area contributed by atoms with Crippen LogP contribution in [0.15, 0.2) is 58.3 Å². The second-order valence-corrected chi connectivity index (χ2v) is 9.84. The molecule has 0 aliphatic rings. The molecule has 2 aromatic rings. The van der Waals surface area contributed by atoms with E-state index in [0.717, 1.165) is 4.90 Å². The quantitative estimate of drug-likeness (QED) is 0.382. The molecule has 2 aromatic carbocycles. The minimum absolute atomic E-state index is 0.0857. The van der Waals surface area contributed by atoms with Crippen molar-refractivity contribution < 1.29 is 22.7 Å². The van der Waals surface area contributed by atoms with Crippen LogP contribution in [0.2, 0.25) is 5.02 Å². The lowest BCUT2D eigenvalue weighted by atomic mass is 10.3. The number of carbonyl (C=O) groups is 2. The Kier molecular flexibility index (Phi) is 9.83. The van der Waals surface area contributed by atoms with E-state index in [-0.39, 0.29) is 11.3 Å². The Morgan fingerprint density at radius 3 is 2.48 bits per heavy atom. The Labute approximate surface area is 192 Å². The Morgan fingerprint density at radius 1 is 1.10 bits per heavy atom. The minimum atomic E-state index is -3.64. The highest BCUT2D eigenvalue weighted by Gasteiger charge is 2.22. The molecule has 1 amide bonds. The first-order valence-electron chi connectivity index (χ1n) is 9.71. The fourth-order valence-corrected chi connectivity index (χ4v) is 5.34. The van der Waals surface area contributed by atoms with Gasteiger partial charge < -0.3 is 10.1 Å². The summed E-state index contributed by atoms with van der Waals surface area (Å²) < 4.78 is 31.5. The summed E-state index contributed by atoms with van der Waals surface area (Å²) in [6.45, 7) is 3.75. The van der Waals surface area contributed by atoms with Gasteiger partial charge in [0.15, 0.2) is 6.61 Å². The number of benzene rings is 2. The average molecular weight is 485 g/mol. The van der Waals surface area contributed by atoms with Crippen LogP contribution in [-0.2, 0) is 24.3 Å². The number of thioether (sulfide) groups is 1. The van der Waals surface area contributed by atoms with Gasteiger partial charge >= 0.3 is 5.97 Å². The normalized spacial score (nSPS) is 11.4. The van der Waals surface area contributed by atoms with Gasteiger partial charge in [0.1, 0.15) is 0 Å². The molecular weight excluding hydrogens is 460 g/mol. The average Bonchev–Trinajstić information content (AvgIpc) is 2.74. The number of ether oxygens (including phenoxy) is 1. The summed E-state index contributed by atoms with van der Waals surface area (Å²) in [5, 5.41) is 3.17. The maximum atomic E-state index is 12.6. The van der Waals surface area contributed by atoms with Gasteiger partial charge in [-0.1, -0.05) is 43.6 Å². The highest BCUT2D eigenvalue weighted by atomic mass is 35.5. The van der Waals surface area contributed by atoms with Gasteiger partial charge in [-0.3, -0.25) is 9.59 Å². The molecule has 0 fully saturated rings. The molecular formula is C21H25ClN2O5S2. The SMILES string of the molecule is CCN(CC)S(=O)(=O)c1cccc(NC(=O)COC(=O)CCSc2ccccc2Cl)c1. The first kappa shape index (κ1) is 25.2. The molecule has 7 nitrogen and oxygen atoms in total. The van der Waals surface area contributed by atoms with E-state index in [2.05, 4.69) is 5.32 Å². The molecule has 0 aliphatic carbocycles. The first-order valence-corrected chi connectivity index (χ1v) is 12.5. The van der Waals surface area contributed by atoms with Gasteiger partial charge in [0, 0.05) is 29.4 Å². The summed E-state index contributed by atoms with van der Waals surface area (Å²) in [6, 6.07) is 13.3. The molecule has 0 saturated heterocycles. The molecule has 31 heavy (non-hydrogen) atoms. The van der Waals surface area contributed by atoms with E-state index >= 15 is 0 Å². The Bertz CT molecular complexity index is 1010. The van der Waals surface area contributed by atoms with E-state index in [1.165, 1.54) is 28.2 Å². The number of nitrogens with zero attached hydrogens (tertiary/aromatic N) is 1. The summed E-state index contributed by atoms with van der Waals surface area (Å²) in [4.78, 5) is 24.9. The van der Waals surface area contributed by atoms with E-state index < -0.39 is 28.5 Å². The van der Waals surface area contributed by atoms with Crippen molar-refractivity contribution in [1.82, 2.24) is 4.31 Å². The molecule has 0 atom stereocenters. The summed E-state index contributed by atoms with van der Waals surface area (Å²) in [6.07, 6.45) is 0.126. The van der Waals surface area contributed by atoms with Crippen LogP contribution in [-0.4, -0.2) is 50.0 Å². The predicted octanol–water partition coefficient (Wildman–Crippen LogP) is 4.03. The zero-order chi connectivity index (χ0) is 22.9. The van der Waals surface area contributed by atoms with Gasteiger partial charge in [-0.25, -0.2) is 8.42 Å². The van der Waals surface area contributed by atoms with Crippen molar-refractivity contribution in [2.45, 2.75) is 30.1 Å². The Morgan fingerprint density at radius 2 is 1.81 bits per heavy atom. The molecule has 0 bridgehead atoms. The fourth-order valence-electron chi connectivity index (χ4n) is 2.67. The van der Waals surface area contributed by atoms with Gasteiger partial charge in [0.2, 0.25) is 10.0 Å². The topological polar surface area (TPSA) is 92.8 Å². The summed E-state index contributed by atoms with van der Waals surface area (Å²) in [7, 11) is -3.64. The van der Waals surface area contributed by atoms with Crippen LogP contribution in [0.5, 0.6) is 0 Å². The maximum Gasteiger partial charge on any atom is 0.307 e. The monoisotopic (exact) mass is 484 g/mol. The number of rotatable bonds is 11. The number of carbonyl (C=O) groups excluding carboxylic acids is 2. The van der Waals surface area contributed by atoms with Crippen molar-refractivity contribution in [3.63, 3.8) is 0 Å². The Balaban J connectivity index is 1.83. The van der Waals surface area contributed by atoms with E-state index in [1.807, 2.05) is 18.2 Å². The molecule has 0 heterocycles. The third-order valence-electron chi connectivity index (χ3n) is 4.23. The van der Waals surface area contributed by atoms with E-state index in [1.54, 1.807) is 32.0 Å². The molecule has 10 heteroatoms. The summed E-state index contributed by atoms with van der Waals surface area (Å²) in [5.74, 6) is -0.591. The van der Waals surface area contributed by atoms with Gasteiger partial charge in [0.05, 0.1) is 16.3 Å². The highest BCUT2D eigenvalue weighted by molar-refractivity contribution is 7.99. The first-order chi connectivity index (χ1) is 14.8. The lowest BCUT2D eigenvalue weighted by molar-refractivity contribution is -0.146. The smallest absolute Gasteiger partial charge is 0.307 e. The van der Waals surface area contributed by atoms with Crippen molar-refractivity contribution in [2.75, 3.05) is 30.8 Å². The number of anilines is 1. The molecule has 0 saturated carbocycles. The zero-order valence-electron chi connectivity index (χ0n) is 17.3. The molecule has 168 valence electrons. The molecule has 2 rings (SSSR count).